The van der Waals surface area contributed by atoms with Gasteiger partial charge in [-0.3, -0.25) is 0 Å². The van der Waals surface area contributed by atoms with Gasteiger partial charge < -0.3 is 4.42 Å². The zero-order chi connectivity index (χ0) is 16.4. The van der Waals surface area contributed by atoms with Crippen LogP contribution in [-0.2, 0) is 10.0 Å². The standard InChI is InChI=1S/C17H18N2O3S/c1-3-19(4-2)23(20,21)14-11-9-13(10-12-14)17-18-15-7-5-6-8-16(15)22-17/h5-12H,3-4H2,1-2H3. The number of hydrogen-bond acceptors (Lipinski definition) is 4. The lowest BCUT2D eigenvalue weighted by atomic mass is 10.2. The van der Waals surface area contributed by atoms with Gasteiger partial charge in [0.15, 0.2) is 5.58 Å². The number of fused-ring (bicyclic) bond motifs is 1. The molecule has 0 aliphatic heterocycles. The Balaban J connectivity index is 1.96. The average Bonchev–Trinajstić information content (AvgIpc) is 3.00. The van der Waals surface area contributed by atoms with E-state index in [2.05, 4.69) is 4.98 Å². The van der Waals surface area contributed by atoms with E-state index in [1.807, 2.05) is 38.1 Å². The molecular weight excluding hydrogens is 312 g/mol. The Labute approximate surface area is 135 Å². The van der Waals surface area contributed by atoms with Gasteiger partial charge in [-0.25, -0.2) is 13.4 Å². The first-order valence-electron chi connectivity index (χ1n) is 7.52. The summed E-state index contributed by atoms with van der Waals surface area (Å²) < 4.78 is 32.1. The second-order valence-corrected chi connectivity index (χ2v) is 7.04. The molecule has 0 spiro atoms. The molecule has 0 amide bonds. The molecule has 0 fully saturated rings. The van der Waals surface area contributed by atoms with Gasteiger partial charge in [-0.05, 0) is 36.4 Å². The highest BCUT2D eigenvalue weighted by Crippen LogP contribution is 2.25. The van der Waals surface area contributed by atoms with E-state index in [9.17, 15) is 8.42 Å². The molecule has 0 saturated carbocycles. The molecule has 1 aromatic heterocycles. The van der Waals surface area contributed by atoms with Crippen LogP contribution >= 0.6 is 0 Å². The van der Waals surface area contributed by atoms with Gasteiger partial charge in [-0.15, -0.1) is 0 Å². The minimum absolute atomic E-state index is 0.279. The molecule has 0 N–H and O–H groups in total. The Bertz CT molecular complexity index is 877. The van der Waals surface area contributed by atoms with Crippen molar-refractivity contribution in [3.8, 4) is 11.5 Å². The lowest BCUT2D eigenvalue weighted by molar-refractivity contribution is 0.445. The summed E-state index contributed by atoms with van der Waals surface area (Å²) >= 11 is 0. The van der Waals surface area contributed by atoms with Crippen molar-refractivity contribution in [3.05, 3.63) is 48.5 Å². The van der Waals surface area contributed by atoms with E-state index in [-0.39, 0.29) is 4.90 Å². The molecule has 0 aliphatic rings. The SMILES string of the molecule is CCN(CC)S(=O)(=O)c1ccc(-c2nc3ccccc3o2)cc1. The predicted octanol–water partition coefficient (Wildman–Crippen LogP) is 3.53. The summed E-state index contributed by atoms with van der Waals surface area (Å²) in [6, 6.07) is 14.1. The number of benzene rings is 2. The summed E-state index contributed by atoms with van der Waals surface area (Å²) in [6.07, 6.45) is 0. The van der Waals surface area contributed by atoms with E-state index in [1.54, 1.807) is 24.3 Å². The summed E-state index contributed by atoms with van der Waals surface area (Å²) in [7, 11) is -3.44. The zero-order valence-electron chi connectivity index (χ0n) is 13.1. The van der Waals surface area contributed by atoms with Crippen molar-refractivity contribution in [2.75, 3.05) is 13.1 Å². The minimum Gasteiger partial charge on any atom is -0.436 e. The molecule has 0 atom stereocenters. The van der Waals surface area contributed by atoms with Crippen molar-refractivity contribution in [1.29, 1.82) is 0 Å². The van der Waals surface area contributed by atoms with Crippen LogP contribution < -0.4 is 0 Å². The fourth-order valence-electron chi connectivity index (χ4n) is 2.48. The molecule has 0 unspecified atom stereocenters. The third-order valence-electron chi connectivity index (χ3n) is 3.74. The van der Waals surface area contributed by atoms with Crippen molar-refractivity contribution in [2.24, 2.45) is 0 Å². The topological polar surface area (TPSA) is 63.4 Å². The number of aromatic nitrogens is 1. The molecule has 23 heavy (non-hydrogen) atoms. The fourth-order valence-corrected chi connectivity index (χ4v) is 3.94. The highest BCUT2D eigenvalue weighted by atomic mass is 32.2. The molecule has 1 heterocycles. The first kappa shape index (κ1) is 15.7. The van der Waals surface area contributed by atoms with E-state index in [0.29, 0.717) is 24.6 Å². The Morgan fingerprint density at radius 3 is 2.26 bits per heavy atom. The van der Waals surface area contributed by atoms with Gasteiger partial charge in [0.2, 0.25) is 15.9 Å². The number of hydrogen-bond donors (Lipinski definition) is 0. The summed E-state index contributed by atoms with van der Waals surface area (Å²) in [5.74, 6) is 0.484. The summed E-state index contributed by atoms with van der Waals surface area (Å²) in [6.45, 7) is 4.55. The molecule has 3 aromatic rings. The fraction of sp³-hybridized carbons (Fsp3) is 0.235. The van der Waals surface area contributed by atoms with Crippen molar-refractivity contribution >= 4 is 21.1 Å². The molecule has 0 bridgehead atoms. The summed E-state index contributed by atoms with van der Waals surface area (Å²) in [4.78, 5) is 4.69. The van der Waals surface area contributed by atoms with E-state index < -0.39 is 10.0 Å². The molecule has 5 nitrogen and oxygen atoms in total. The number of oxazole rings is 1. The second kappa shape index (κ2) is 6.14. The first-order valence-corrected chi connectivity index (χ1v) is 8.96. The third-order valence-corrected chi connectivity index (χ3v) is 5.80. The van der Waals surface area contributed by atoms with Crippen LogP contribution in [0.5, 0.6) is 0 Å². The van der Waals surface area contributed by atoms with Crippen LogP contribution in [0.2, 0.25) is 0 Å². The highest BCUT2D eigenvalue weighted by molar-refractivity contribution is 7.89. The van der Waals surface area contributed by atoms with Crippen molar-refractivity contribution in [1.82, 2.24) is 9.29 Å². The van der Waals surface area contributed by atoms with Gasteiger partial charge in [0.1, 0.15) is 5.52 Å². The predicted molar refractivity (Wildman–Crippen MR) is 89.6 cm³/mol. The van der Waals surface area contributed by atoms with Gasteiger partial charge in [-0.1, -0.05) is 26.0 Å². The number of sulfonamides is 1. The van der Waals surface area contributed by atoms with Gasteiger partial charge in [0.25, 0.3) is 0 Å². The molecule has 3 rings (SSSR count). The monoisotopic (exact) mass is 330 g/mol. The maximum atomic E-state index is 12.5. The van der Waals surface area contributed by atoms with Crippen molar-refractivity contribution < 1.29 is 12.8 Å². The zero-order valence-corrected chi connectivity index (χ0v) is 13.9. The minimum atomic E-state index is -3.44. The van der Waals surface area contributed by atoms with Crippen LogP contribution in [0.15, 0.2) is 57.8 Å². The van der Waals surface area contributed by atoms with Crippen LogP contribution in [-0.4, -0.2) is 30.8 Å². The maximum absolute atomic E-state index is 12.5. The van der Waals surface area contributed by atoms with Crippen LogP contribution in [0.3, 0.4) is 0 Å². The molecular formula is C17H18N2O3S. The number of rotatable bonds is 5. The maximum Gasteiger partial charge on any atom is 0.243 e. The second-order valence-electron chi connectivity index (χ2n) is 5.10. The van der Waals surface area contributed by atoms with Gasteiger partial charge >= 0.3 is 0 Å². The Kier molecular flexibility index (Phi) is 4.19. The van der Waals surface area contributed by atoms with Crippen LogP contribution in [0.1, 0.15) is 13.8 Å². The molecule has 2 aromatic carbocycles. The van der Waals surface area contributed by atoms with Crippen LogP contribution in [0.25, 0.3) is 22.6 Å². The quantitative estimate of drug-likeness (QED) is 0.718. The highest BCUT2D eigenvalue weighted by Gasteiger charge is 2.21. The average molecular weight is 330 g/mol. The van der Waals surface area contributed by atoms with E-state index in [4.69, 9.17) is 4.42 Å². The smallest absolute Gasteiger partial charge is 0.243 e. The Morgan fingerprint density at radius 2 is 1.65 bits per heavy atom. The Morgan fingerprint density at radius 1 is 1.00 bits per heavy atom. The molecule has 0 radical (unpaired) electrons. The molecule has 0 aliphatic carbocycles. The summed E-state index contributed by atoms with van der Waals surface area (Å²) in [5, 5.41) is 0. The molecule has 120 valence electrons. The van der Waals surface area contributed by atoms with Gasteiger partial charge in [-0.2, -0.15) is 4.31 Å². The van der Waals surface area contributed by atoms with E-state index >= 15 is 0 Å². The molecule has 6 heteroatoms. The third kappa shape index (κ3) is 2.87. The van der Waals surface area contributed by atoms with E-state index in [0.717, 1.165) is 11.1 Å². The van der Waals surface area contributed by atoms with E-state index in [1.165, 1.54) is 4.31 Å². The lowest BCUT2D eigenvalue weighted by Crippen LogP contribution is -2.30. The lowest BCUT2D eigenvalue weighted by Gasteiger charge is -2.18. The largest absolute Gasteiger partial charge is 0.436 e. The number of para-hydroxylation sites is 2. The van der Waals surface area contributed by atoms with Gasteiger partial charge in [0, 0.05) is 18.7 Å². The van der Waals surface area contributed by atoms with Crippen molar-refractivity contribution in [2.45, 2.75) is 18.7 Å². The Hall–Kier alpha value is -2.18. The van der Waals surface area contributed by atoms with Crippen LogP contribution in [0.4, 0.5) is 0 Å². The van der Waals surface area contributed by atoms with Crippen LogP contribution in [0, 0.1) is 0 Å². The van der Waals surface area contributed by atoms with Crippen molar-refractivity contribution in [3.63, 3.8) is 0 Å². The van der Waals surface area contributed by atoms with Gasteiger partial charge in [0.05, 0.1) is 4.90 Å². The summed E-state index contributed by atoms with van der Waals surface area (Å²) in [5.41, 5.74) is 2.24. The number of nitrogens with zero attached hydrogens (tertiary/aromatic N) is 2. The first-order chi connectivity index (χ1) is 11.1. The normalized spacial score (nSPS) is 12.1. The molecule has 0 saturated heterocycles.